The van der Waals surface area contributed by atoms with Crippen molar-refractivity contribution < 1.29 is 9.15 Å². The number of rotatable bonds is 9. The van der Waals surface area contributed by atoms with Crippen LogP contribution >= 0.6 is 11.3 Å². The smallest absolute Gasteiger partial charge is 0.247 e. The summed E-state index contributed by atoms with van der Waals surface area (Å²) in [6, 6.07) is 7.76. The van der Waals surface area contributed by atoms with Gasteiger partial charge < -0.3 is 9.15 Å². The topological polar surface area (TPSA) is 64.3 Å². The molecular weight excluding hydrogens is 348 g/mol. The van der Waals surface area contributed by atoms with Crippen LogP contribution in [0.1, 0.15) is 36.4 Å². The molecule has 2 heterocycles. The monoisotopic (exact) mass is 372 g/mol. The lowest BCUT2D eigenvalue weighted by Crippen LogP contribution is -2.17. The zero-order valence-corrected chi connectivity index (χ0v) is 16.3. The van der Waals surface area contributed by atoms with Gasteiger partial charge in [-0.2, -0.15) is 0 Å². The van der Waals surface area contributed by atoms with Gasteiger partial charge in [-0.05, 0) is 44.7 Å². The van der Waals surface area contributed by atoms with Gasteiger partial charge in [-0.1, -0.05) is 13.3 Å². The molecule has 138 valence electrons. The van der Waals surface area contributed by atoms with Crippen LogP contribution in [0.15, 0.2) is 34.1 Å². The first-order chi connectivity index (χ1) is 12.6. The summed E-state index contributed by atoms with van der Waals surface area (Å²) in [5.41, 5.74) is 1.96. The van der Waals surface area contributed by atoms with Crippen LogP contribution in [0.4, 0.5) is 0 Å². The summed E-state index contributed by atoms with van der Waals surface area (Å²) in [7, 11) is 2.01. The number of ether oxygens (including phenoxy) is 1. The molecule has 0 N–H and O–H groups in total. The summed E-state index contributed by atoms with van der Waals surface area (Å²) in [4.78, 5) is 6.59. The van der Waals surface area contributed by atoms with Crippen LogP contribution < -0.4 is 4.74 Å². The summed E-state index contributed by atoms with van der Waals surface area (Å²) >= 11 is 1.66. The minimum Gasteiger partial charge on any atom is -0.494 e. The highest BCUT2D eigenvalue weighted by molar-refractivity contribution is 7.09. The van der Waals surface area contributed by atoms with E-state index in [9.17, 15) is 0 Å². The SMILES string of the molecule is CCCCOc1ccc(-c2nnc(CN(C)Cc3csc(C)n3)o2)cc1. The molecule has 0 aliphatic heterocycles. The molecule has 0 spiro atoms. The Bertz CT molecular complexity index is 813. The lowest BCUT2D eigenvalue weighted by Gasteiger charge is -2.11. The summed E-state index contributed by atoms with van der Waals surface area (Å²) in [5, 5.41) is 11.5. The molecule has 0 saturated heterocycles. The van der Waals surface area contributed by atoms with Crippen LogP contribution in [0.2, 0.25) is 0 Å². The Balaban J connectivity index is 1.56. The molecule has 0 amide bonds. The van der Waals surface area contributed by atoms with Crippen molar-refractivity contribution in [2.75, 3.05) is 13.7 Å². The quantitative estimate of drug-likeness (QED) is 0.522. The fourth-order valence-electron chi connectivity index (χ4n) is 2.51. The van der Waals surface area contributed by atoms with Crippen molar-refractivity contribution in [1.82, 2.24) is 20.1 Å². The van der Waals surface area contributed by atoms with Crippen molar-refractivity contribution in [3.05, 3.63) is 46.2 Å². The maximum absolute atomic E-state index is 5.80. The third-order valence-electron chi connectivity index (χ3n) is 3.84. The molecule has 26 heavy (non-hydrogen) atoms. The predicted octanol–water partition coefficient (Wildman–Crippen LogP) is 4.31. The molecule has 0 saturated carbocycles. The van der Waals surface area contributed by atoms with Crippen molar-refractivity contribution in [2.24, 2.45) is 0 Å². The zero-order chi connectivity index (χ0) is 18.4. The Kier molecular flexibility index (Phi) is 6.35. The number of aryl methyl sites for hydroxylation is 1. The van der Waals surface area contributed by atoms with Gasteiger partial charge >= 0.3 is 0 Å². The molecule has 0 bridgehead atoms. The van der Waals surface area contributed by atoms with Gasteiger partial charge in [-0.15, -0.1) is 21.5 Å². The molecule has 0 aliphatic carbocycles. The predicted molar refractivity (Wildman–Crippen MR) is 102 cm³/mol. The Morgan fingerprint density at radius 3 is 2.65 bits per heavy atom. The van der Waals surface area contributed by atoms with Gasteiger partial charge in [-0.3, -0.25) is 4.90 Å². The van der Waals surface area contributed by atoms with Crippen LogP contribution in [-0.2, 0) is 13.1 Å². The zero-order valence-electron chi connectivity index (χ0n) is 15.4. The standard InChI is InChI=1S/C19H24N4O2S/c1-4-5-10-24-17-8-6-15(7-9-17)19-22-21-18(25-19)12-23(3)11-16-13-26-14(2)20-16/h6-9,13H,4-5,10-12H2,1-3H3. The van der Waals surface area contributed by atoms with Gasteiger partial charge in [0.2, 0.25) is 11.8 Å². The van der Waals surface area contributed by atoms with E-state index in [4.69, 9.17) is 9.15 Å². The number of aromatic nitrogens is 3. The maximum Gasteiger partial charge on any atom is 0.247 e. The number of hydrogen-bond acceptors (Lipinski definition) is 7. The first-order valence-electron chi connectivity index (χ1n) is 8.79. The largest absolute Gasteiger partial charge is 0.494 e. The average Bonchev–Trinajstić information content (AvgIpc) is 3.25. The Morgan fingerprint density at radius 2 is 1.96 bits per heavy atom. The van der Waals surface area contributed by atoms with Crippen molar-refractivity contribution in [3.63, 3.8) is 0 Å². The van der Waals surface area contributed by atoms with E-state index in [1.165, 1.54) is 0 Å². The van der Waals surface area contributed by atoms with Gasteiger partial charge in [0.1, 0.15) is 5.75 Å². The summed E-state index contributed by atoms with van der Waals surface area (Å²) in [6.07, 6.45) is 2.18. The molecule has 1 aromatic carbocycles. The lowest BCUT2D eigenvalue weighted by atomic mass is 10.2. The van der Waals surface area contributed by atoms with E-state index in [2.05, 4.69) is 32.4 Å². The Morgan fingerprint density at radius 1 is 1.15 bits per heavy atom. The number of nitrogens with zero attached hydrogens (tertiary/aromatic N) is 4. The van der Waals surface area contributed by atoms with Gasteiger partial charge in [-0.25, -0.2) is 4.98 Å². The minimum atomic E-state index is 0.526. The molecule has 0 radical (unpaired) electrons. The second-order valence-electron chi connectivity index (χ2n) is 6.26. The van der Waals surface area contributed by atoms with E-state index >= 15 is 0 Å². The van der Waals surface area contributed by atoms with E-state index in [-0.39, 0.29) is 0 Å². The van der Waals surface area contributed by atoms with E-state index in [0.717, 1.165) is 48.0 Å². The highest BCUT2D eigenvalue weighted by Crippen LogP contribution is 2.22. The van der Waals surface area contributed by atoms with Crippen molar-refractivity contribution in [1.29, 1.82) is 0 Å². The third-order valence-corrected chi connectivity index (χ3v) is 4.66. The minimum absolute atomic E-state index is 0.526. The second-order valence-corrected chi connectivity index (χ2v) is 7.32. The molecule has 0 fully saturated rings. The Hall–Kier alpha value is -2.25. The van der Waals surface area contributed by atoms with E-state index in [0.29, 0.717) is 18.3 Å². The first kappa shape index (κ1) is 18.5. The normalized spacial score (nSPS) is 11.2. The first-order valence-corrected chi connectivity index (χ1v) is 9.67. The van der Waals surface area contributed by atoms with Gasteiger partial charge in [0.25, 0.3) is 0 Å². The average molecular weight is 372 g/mol. The molecule has 0 atom stereocenters. The van der Waals surface area contributed by atoms with Crippen LogP contribution in [0.5, 0.6) is 5.75 Å². The van der Waals surface area contributed by atoms with Gasteiger partial charge in [0.15, 0.2) is 0 Å². The van der Waals surface area contributed by atoms with E-state index < -0.39 is 0 Å². The molecule has 2 aromatic heterocycles. The molecule has 0 unspecified atom stereocenters. The van der Waals surface area contributed by atoms with Crippen LogP contribution in [0.25, 0.3) is 11.5 Å². The fraction of sp³-hybridized carbons (Fsp3) is 0.421. The number of thiazole rings is 1. The highest BCUT2D eigenvalue weighted by Gasteiger charge is 2.12. The van der Waals surface area contributed by atoms with E-state index in [1.54, 1.807) is 11.3 Å². The Labute approximate surface area is 157 Å². The third kappa shape index (κ3) is 5.12. The number of unbranched alkanes of at least 4 members (excludes halogenated alkanes) is 1. The molecule has 0 aliphatic rings. The molecule has 3 aromatic rings. The molecular formula is C19H24N4O2S. The van der Waals surface area contributed by atoms with E-state index in [1.807, 2.05) is 38.2 Å². The van der Waals surface area contributed by atoms with Crippen molar-refractivity contribution in [3.8, 4) is 17.2 Å². The number of hydrogen-bond donors (Lipinski definition) is 0. The highest BCUT2D eigenvalue weighted by atomic mass is 32.1. The molecule has 7 heteroatoms. The summed E-state index contributed by atoms with van der Waals surface area (Å²) in [5.74, 6) is 1.98. The fourth-order valence-corrected chi connectivity index (χ4v) is 3.11. The molecule has 3 rings (SSSR count). The van der Waals surface area contributed by atoms with Gasteiger partial charge in [0.05, 0.1) is 23.9 Å². The van der Waals surface area contributed by atoms with Gasteiger partial charge in [0, 0.05) is 17.5 Å². The van der Waals surface area contributed by atoms with Crippen LogP contribution in [0, 0.1) is 6.92 Å². The maximum atomic E-state index is 5.80. The summed E-state index contributed by atoms with van der Waals surface area (Å²) < 4.78 is 11.5. The molecule has 6 nitrogen and oxygen atoms in total. The lowest BCUT2D eigenvalue weighted by molar-refractivity contribution is 0.280. The summed E-state index contributed by atoms with van der Waals surface area (Å²) in [6.45, 7) is 6.24. The number of benzene rings is 1. The second kappa shape index (κ2) is 8.91. The van der Waals surface area contributed by atoms with Crippen LogP contribution in [0.3, 0.4) is 0 Å². The van der Waals surface area contributed by atoms with Crippen molar-refractivity contribution in [2.45, 2.75) is 39.8 Å². The van der Waals surface area contributed by atoms with Crippen molar-refractivity contribution >= 4 is 11.3 Å². The van der Waals surface area contributed by atoms with Crippen LogP contribution in [-0.4, -0.2) is 33.7 Å².